The Kier molecular flexibility index (Phi) is 5.63. The Morgan fingerprint density at radius 2 is 2.25 bits per heavy atom. The van der Waals surface area contributed by atoms with Crippen LogP contribution in [-0.2, 0) is 0 Å². The van der Waals surface area contributed by atoms with E-state index in [1.165, 1.54) is 7.11 Å². The summed E-state index contributed by atoms with van der Waals surface area (Å²) < 4.78 is 18.7. The molecule has 1 atom stereocenters. The molecule has 0 radical (unpaired) electrons. The third kappa shape index (κ3) is 3.39. The normalized spacial score (nSPS) is 12.5. The third-order valence-corrected chi connectivity index (χ3v) is 3.55. The summed E-state index contributed by atoms with van der Waals surface area (Å²) in [6, 6.07) is 4.81. The minimum Gasteiger partial charge on any atom is -0.494 e. The van der Waals surface area contributed by atoms with Gasteiger partial charge in [-0.1, -0.05) is 19.1 Å². The van der Waals surface area contributed by atoms with Gasteiger partial charge in [-0.2, -0.15) is 11.8 Å². The minimum absolute atomic E-state index is 0.258. The second kappa shape index (κ2) is 6.76. The molecule has 0 bridgehead atoms. The first-order chi connectivity index (χ1) is 7.70. The molecular formula is C12H18FNOS. The number of nitrogens with two attached hydrogens (primary N) is 1. The molecule has 0 saturated carbocycles. The smallest absolute Gasteiger partial charge is 0.169 e. The Hall–Kier alpha value is -0.740. The Morgan fingerprint density at radius 3 is 2.88 bits per heavy atom. The third-order valence-electron chi connectivity index (χ3n) is 2.26. The van der Waals surface area contributed by atoms with Crippen LogP contribution in [0, 0.1) is 5.82 Å². The predicted molar refractivity (Wildman–Crippen MR) is 67.5 cm³/mol. The number of ether oxygens (including phenoxy) is 1. The number of benzene rings is 1. The first kappa shape index (κ1) is 13.3. The molecule has 0 aromatic heterocycles. The highest BCUT2D eigenvalue weighted by Gasteiger charge is 2.14. The maximum atomic E-state index is 13.8. The molecule has 0 aliphatic carbocycles. The van der Waals surface area contributed by atoms with Crippen LogP contribution in [0.2, 0.25) is 0 Å². The van der Waals surface area contributed by atoms with Crippen molar-refractivity contribution in [2.75, 3.05) is 18.6 Å². The van der Waals surface area contributed by atoms with Crippen LogP contribution in [0.5, 0.6) is 5.75 Å². The largest absolute Gasteiger partial charge is 0.494 e. The molecule has 0 fully saturated rings. The molecule has 0 aliphatic rings. The second-order valence-electron chi connectivity index (χ2n) is 3.54. The number of methoxy groups -OCH3 is 1. The lowest BCUT2D eigenvalue weighted by Gasteiger charge is -2.14. The fourth-order valence-electron chi connectivity index (χ4n) is 1.42. The van der Waals surface area contributed by atoms with Crippen molar-refractivity contribution in [2.45, 2.75) is 19.4 Å². The van der Waals surface area contributed by atoms with Gasteiger partial charge in [-0.25, -0.2) is 4.39 Å². The second-order valence-corrected chi connectivity index (χ2v) is 4.69. The van der Waals surface area contributed by atoms with E-state index in [4.69, 9.17) is 10.5 Å². The zero-order chi connectivity index (χ0) is 12.0. The Balaban J connectivity index is 2.71. The topological polar surface area (TPSA) is 35.2 Å². The molecule has 4 heteroatoms. The van der Waals surface area contributed by atoms with Gasteiger partial charge in [-0.15, -0.1) is 0 Å². The first-order valence-corrected chi connectivity index (χ1v) is 6.51. The molecule has 2 nitrogen and oxygen atoms in total. The molecule has 0 spiro atoms. The van der Waals surface area contributed by atoms with E-state index in [2.05, 4.69) is 6.92 Å². The molecular weight excluding hydrogens is 225 g/mol. The van der Waals surface area contributed by atoms with E-state index in [-0.39, 0.29) is 17.6 Å². The van der Waals surface area contributed by atoms with Crippen molar-refractivity contribution in [3.63, 3.8) is 0 Å². The van der Waals surface area contributed by atoms with Crippen molar-refractivity contribution in [3.05, 3.63) is 29.6 Å². The summed E-state index contributed by atoms with van der Waals surface area (Å²) >= 11 is 1.75. The Morgan fingerprint density at radius 1 is 1.50 bits per heavy atom. The Bertz CT molecular complexity index is 333. The van der Waals surface area contributed by atoms with E-state index in [1.54, 1.807) is 30.0 Å². The maximum Gasteiger partial charge on any atom is 0.169 e. The Labute approximate surface area is 100 Å². The monoisotopic (exact) mass is 243 g/mol. The molecule has 1 aromatic rings. The summed E-state index contributed by atoms with van der Waals surface area (Å²) in [5, 5.41) is 0. The van der Waals surface area contributed by atoms with Crippen LogP contribution >= 0.6 is 11.8 Å². The number of halogens is 1. The molecule has 0 amide bonds. The van der Waals surface area contributed by atoms with Crippen molar-refractivity contribution >= 4 is 11.8 Å². The highest BCUT2D eigenvalue weighted by atomic mass is 32.2. The predicted octanol–water partition coefficient (Wildman–Crippen LogP) is 2.98. The van der Waals surface area contributed by atoms with Crippen LogP contribution in [0.4, 0.5) is 4.39 Å². The lowest BCUT2D eigenvalue weighted by Crippen LogP contribution is -2.15. The first-order valence-electron chi connectivity index (χ1n) is 5.36. The van der Waals surface area contributed by atoms with Gasteiger partial charge in [-0.05, 0) is 18.2 Å². The molecule has 1 rings (SSSR count). The van der Waals surface area contributed by atoms with Gasteiger partial charge in [0.1, 0.15) is 0 Å². The SMILES string of the molecule is CCCSCC(N)c1cccc(OC)c1F. The summed E-state index contributed by atoms with van der Waals surface area (Å²) in [4.78, 5) is 0. The highest BCUT2D eigenvalue weighted by Crippen LogP contribution is 2.25. The highest BCUT2D eigenvalue weighted by molar-refractivity contribution is 7.99. The van der Waals surface area contributed by atoms with E-state index < -0.39 is 0 Å². The van der Waals surface area contributed by atoms with Gasteiger partial charge in [0, 0.05) is 17.4 Å². The average Bonchev–Trinajstić information content (AvgIpc) is 2.29. The van der Waals surface area contributed by atoms with E-state index >= 15 is 0 Å². The fourth-order valence-corrected chi connectivity index (χ4v) is 2.31. The van der Waals surface area contributed by atoms with Crippen LogP contribution in [0.25, 0.3) is 0 Å². The number of hydrogen-bond donors (Lipinski definition) is 1. The van der Waals surface area contributed by atoms with Gasteiger partial charge in [0.05, 0.1) is 7.11 Å². The van der Waals surface area contributed by atoms with Crippen LogP contribution in [0.15, 0.2) is 18.2 Å². The van der Waals surface area contributed by atoms with Crippen molar-refractivity contribution in [1.29, 1.82) is 0 Å². The van der Waals surface area contributed by atoms with Gasteiger partial charge < -0.3 is 10.5 Å². The van der Waals surface area contributed by atoms with E-state index in [9.17, 15) is 4.39 Å². The molecule has 90 valence electrons. The van der Waals surface area contributed by atoms with Crippen molar-refractivity contribution in [1.82, 2.24) is 0 Å². The van der Waals surface area contributed by atoms with Crippen molar-refractivity contribution in [2.24, 2.45) is 5.73 Å². The molecule has 0 heterocycles. The average molecular weight is 243 g/mol. The minimum atomic E-state index is -0.338. The zero-order valence-electron chi connectivity index (χ0n) is 9.70. The van der Waals surface area contributed by atoms with Crippen molar-refractivity contribution < 1.29 is 9.13 Å². The summed E-state index contributed by atoms with van der Waals surface area (Å²) in [7, 11) is 1.46. The molecule has 1 aromatic carbocycles. The lowest BCUT2D eigenvalue weighted by molar-refractivity contribution is 0.383. The molecule has 2 N–H and O–H groups in total. The van der Waals surface area contributed by atoms with Gasteiger partial charge in [0.25, 0.3) is 0 Å². The summed E-state index contributed by atoms with van der Waals surface area (Å²) in [5.41, 5.74) is 6.47. The summed E-state index contributed by atoms with van der Waals surface area (Å²) in [5.74, 6) is 1.71. The molecule has 0 saturated heterocycles. The van der Waals surface area contributed by atoms with Crippen LogP contribution in [0.1, 0.15) is 24.9 Å². The van der Waals surface area contributed by atoms with E-state index in [1.807, 2.05) is 0 Å². The number of thioether (sulfide) groups is 1. The summed E-state index contributed by atoms with van der Waals surface area (Å²) in [6.07, 6.45) is 1.11. The molecule has 16 heavy (non-hydrogen) atoms. The summed E-state index contributed by atoms with van der Waals surface area (Å²) in [6.45, 7) is 2.12. The number of hydrogen-bond acceptors (Lipinski definition) is 3. The van der Waals surface area contributed by atoms with Gasteiger partial charge in [0.2, 0.25) is 0 Å². The van der Waals surface area contributed by atoms with Gasteiger partial charge >= 0.3 is 0 Å². The quantitative estimate of drug-likeness (QED) is 0.780. The van der Waals surface area contributed by atoms with Crippen LogP contribution in [-0.4, -0.2) is 18.6 Å². The zero-order valence-corrected chi connectivity index (χ0v) is 10.5. The molecule has 1 unspecified atom stereocenters. The van der Waals surface area contributed by atoms with E-state index in [0.717, 1.165) is 17.9 Å². The van der Waals surface area contributed by atoms with Gasteiger partial charge in [0.15, 0.2) is 11.6 Å². The molecule has 0 aliphatic heterocycles. The standard InChI is InChI=1S/C12H18FNOS/c1-3-7-16-8-10(14)9-5-4-6-11(15-2)12(9)13/h4-6,10H,3,7-8,14H2,1-2H3. The number of rotatable bonds is 6. The maximum absolute atomic E-state index is 13.8. The van der Waals surface area contributed by atoms with Crippen molar-refractivity contribution in [3.8, 4) is 5.75 Å². The van der Waals surface area contributed by atoms with Gasteiger partial charge in [-0.3, -0.25) is 0 Å². The fraction of sp³-hybridized carbons (Fsp3) is 0.500. The van der Waals surface area contributed by atoms with Crippen LogP contribution < -0.4 is 10.5 Å². The van der Waals surface area contributed by atoms with Crippen LogP contribution in [0.3, 0.4) is 0 Å². The lowest BCUT2D eigenvalue weighted by atomic mass is 10.1. The van der Waals surface area contributed by atoms with E-state index in [0.29, 0.717) is 5.56 Å².